The molecule has 0 atom stereocenters. The zero-order chi connectivity index (χ0) is 17.9. The Bertz CT molecular complexity index is 852. The van der Waals surface area contributed by atoms with Crippen LogP contribution in [0.25, 0.3) is 11.3 Å². The summed E-state index contributed by atoms with van der Waals surface area (Å²) in [6.07, 6.45) is 1.52. The highest BCUT2D eigenvalue weighted by atomic mass is 16.5. The van der Waals surface area contributed by atoms with Gasteiger partial charge in [0.25, 0.3) is 0 Å². The Balaban J connectivity index is 1.83. The molecular weight excluding hydrogens is 312 g/mol. The molecule has 3 rings (SSSR count). The quantitative estimate of drug-likeness (QED) is 0.654. The molecule has 128 valence electrons. The van der Waals surface area contributed by atoms with Crippen LogP contribution in [-0.2, 0) is 5.41 Å². The van der Waals surface area contributed by atoms with Crippen LogP contribution in [0.15, 0.2) is 60.9 Å². The fourth-order valence-corrected chi connectivity index (χ4v) is 2.48. The lowest BCUT2D eigenvalue weighted by Gasteiger charge is -2.19. The highest BCUT2D eigenvalue weighted by Crippen LogP contribution is 2.28. The molecular formula is C21H22N2O2. The monoisotopic (exact) mass is 334 g/mol. The standard InChI is InChI=1S/C21H22N2O2/c1-21(2,3)16-10-8-15(9-11-16)19-13-20(23-14-22-19)25-18-7-5-6-17(12-18)24-4/h5-14H,1-4H3. The first kappa shape index (κ1) is 17.0. The third-order valence-corrected chi connectivity index (χ3v) is 3.95. The lowest BCUT2D eigenvalue weighted by molar-refractivity contribution is 0.407. The topological polar surface area (TPSA) is 44.2 Å². The average molecular weight is 334 g/mol. The minimum absolute atomic E-state index is 0.130. The Hall–Kier alpha value is -2.88. The first-order valence-electron chi connectivity index (χ1n) is 8.20. The van der Waals surface area contributed by atoms with Crippen LogP contribution in [0.3, 0.4) is 0 Å². The summed E-state index contributed by atoms with van der Waals surface area (Å²) in [5, 5.41) is 0. The predicted octanol–water partition coefficient (Wildman–Crippen LogP) is 5.24. The molecule has 1 heterocycles. The third-order valence-electron chi connectivity index (χ3n) is 3.95. The zero-order valence-corrected chi connectivity index (χ0v) is 15.0. The van der Waals surface area contributed by atoms with Gasteiger partial charge in [-0.1, -0.05) is 51.1 Å². The van der Waals surface area contributed by atoms with Crippen LogP contribution in [0.5, 0.6) is 17.4 Å². The van der Waals surface area contributed by atoms with Gasteiger partial charge in [-0.3, -0.25) is 0 Å². The summed E-state index contributed by atoms with van der Waals surface area (Å²) in [6.45, 7) is 6.60. The van der Waals surface area contributed by atoms with Crippen LogP contribution in [0.1, 0.15) is 26.3 Å². The molecule has 2 aromatic carbocycles. The molecule has 4 nitrogen and oxygen atoms in total. The number of aromatic nitrogens is 2. The van der Waals surface area contributed by atoms with Gasteiger partial charge in [-0.2, -0.15) is 0 Å². The van der Waals surface area contributed by atoms with Crippen molar-refractivity contribution >= 4 is 0 Å². The molecule has 0 radical (unpaired) electrons. The van der Waals surface area contributed by atoms with Crippen molar-refractivity contribution in [1.82, 2.24) is 9.97 Å². The molecule has 4 heteroatoms. The summed E-state index contributed by atoms with van der Waals surface area (Å²) < 4.78 is 11.0. The number of ether oxygens (including phenoxy) is 2. The molecule has 0 amide bonds. The summed E-state index contributed by atoms with van der Waals surface area (Å²) in [7, 11) is 1.63. The van der Waals surface area contributed by atoms with E-state index < -0.39 is 0 Å². The van der Waals surface area contributed by atoms with E-state index in [1.54, 1.807) is 7.11 Å². The molecule has 1 aromatic heterocycles. The minimum Gasteiger partial charge on any atom is -0.497 e. The number of rotatable bonds is 4. The zero-order valence-electron chi connectivity index (χ0n) is 15.0. The van der Waals surface area contributed by atoms with E-state index in [1.807, 2.05) is 30.3 Å². The second-order valence-electron chi connectivity index (χ2n) is 6.85. The van der Waals surface area contributed by atoms with Crippen molar-refractivity contribution in [2.45, 2.75) is 26.2 Å². The van der Waals surface area contributed by atoms with E-state index in [-0.39, 0.29) is 5.41 Å². The molecule has 0 saturated heterocycles. The van der Waals surface area contributed by atoms with Crippen molar-refractivity contribution in [3.05, 3.63) is 66.5 Å². The molecule has 0 aliphatic rings. The van der Waals surface area contributed by atoms with Gasteiger partial charge in [0.2, 0.25) is 5.88 Å². The largest absolute Gasteiger partial charge is 0.497 e. The average Bonchev–Trinajstić information content (AvgIpc) is 2.61. The molecule has 0 saturated carbocycles. The number of benzene rings is 2. The molecule has 3 aromatic rings. The maximum absolute atomic E-state index is 5.83. The number of nitrogens with zero attached hydrogens (tertiary/aromatic N) is 2. The first-order chi connectivity index (χ1) is 12.0. The van der Waals surface area contributed by atoms with Gasteiger partial charge in [0.1, 0.15) is 17.8 Å². The van der Waals surface area contributed by atoms with Gasteiger partial charge in [-0.15, -0.1) is 0 Å². The number of hydrogen-bond acceptors (Lipinski definition) is 4. The van der Waals surface area contributed by atoms with Crippen LogP contribution in [0.4, 0.5) is 0 Å². The molecule has 0 unspecified atom stereocenters. The second-order valence-corrected chi connectivity index (χ2v) is 6.85. The maximum atomic E-state index is 5.83. The van der Waals surface area contributed by atoms with Crippen LogP contribution < -0.4 is 9.47 Å². The van der Waals surface area contributed by atoms with Gasteiger partial charge in [0.05, 0.1) is 12.8 Å². The van der Waals surface area contributed by atoms with Gasteiger partial charge >= 0.3 is 0 Å². The van der Waals surface area contributed by atoms with Gasteiger partial charge in [0.15, 0.2) is 0 Å². The Morgan fingerprint density at radius 3 is 2.24 bits per heavy atom. The van der Waals surface area contributed by atoms with Gasteiger partial charge < -0.3 is 9.47 Å². The van der Waals surface area contributed by atoms with Crippen LogP contribution in [0.2, 0.25) is 0 Å². The molecule has 0 spiro atoms. The predicted molar refractivity (Wildman–Crippen MR) is 99.2 cm³/mol. The van der Waals surface area contributed by atoms with Crippen molar-refractivity contribution < 1.29 is 9.47 Å². The van der Waals surface area contributed by atoms with Gasteiger partial charge in [-0.05, 0) is 23.1 Å². The summed E-state index contributed by atoms with van der Waals surface area (Å²) in [6, 6.07) is 17.7. The normalized spacial score (nSPS) is 11.2. The fraction of sp³-hybridized carbons (Fsp3) is 0.238. The van der Waals surface area contributed by atoms with Gasteiger partial charge in [0, 0.05) is 17.7 Å². The van der Waals surface area contributed by atoms with E-state index in [2.05, 4.69) is 55.0 Å². The fourth-order valence-electron chi connectivity index (χ4n) is 2.48. The van der Waals surface area contributed by atoms with Crippen LogP contribution in [0, 0.1) is 0 Å². The minimum atomic E-state index is 0.130. The Morgan fingerprint density at radius 1 is 0.840 bits per heavy atom. The Morgan fingerprint density at radius 2 is 1.56 bits per heavy atom. The maximum Gasteiger partial charge on any atom is 0.222 e. The third kappa shape index (κ3) is 4.15. The van der Waals surface area contributed by atoms with Crippen molar-refractivity contribution in [2.24, 2.45) is 0 Å². The molecule has 0 N–H and O–H groups in total. The van der Waals surface area contributed by atoms with Crippen LogP contribution >= 0.6 is 0 Å². The lowest BCUT2D eigenvalue weighted by Crippen LogP contribution is -2.10. The summed E-state index contributed by atoms with van der Waals surface area (Å²) in [5.41, 5.74) is 3.28. The molecule has 0 aliphatic carbocycles. The smallest absolute Gasteiger partial charge is 0.222 e. The summed E-state index contributed by atoms with van der Waals surface area (Å²) in [4.78, 5) is 8.56. The van der Waals surface area contributed by atoms with E-state index in [9.17, 15) is 0 Å². The van der Waals surface area contributed by atoms with Crippen molar-refractivity contribution in [1.29, 1.82) is 0 Å². The van der Waals surface area contributed by atoms with E-state index in [4.69, 9.17) is 9.47 Å². The van der Waals surface area contributed by atoms with Crippen molar-refractivity contribution in [3.8, 4) is 28.6 Å². The van der Waals surface area contributed by atoms with Gasteiger partial charge in [-0.25, -0.2) is 9.97 Å². The number of methoxy groups -OCH3 is 1. The van der Waals surface area contributed by atoms with Crippen LogP contribution in [-0.4, -0.2) is 17.1 Å². The lowest BCUT2D eigenvalue weighted by atomic mass is 9.86. The summed E-state index contributed by atoms with van der Waals surface area (Å²) >= 11 is 0. The number of hydrogen-bond donors (Lipinski definition) is 0. The molecule has 0 bridgehead atoms. The van der Waals surface area contributed by atoms with E-state index in [1.165, 1.54) is 11.9 Å². The highest BCUT2D eigenvalue weighted by molar-refractivity contribution is 5.60. The summed E-state index contributed by atoms with van der Waals surface area (Å²) in [5.74, 6) is 1.91. The van der Waals surface area contributed by atoms with E-state index >= 15 is 0 Å². The SMILES string of the molecule is COc1cccc(Oc2cc(-c3ccc(C(C)(C)C)cc3)ncn2)c1. The second kappa shape index (κ2) is 6.93. The Labute approximate surface area is 148 Å². The first-order valence-corrected chi connectivity index (χ1v) is 8.20. The Kier molecular flexibility index (Phi) is 4.70. The molecule has 0 aliphatic heterocycles. The van der Waals surface area contributed by atoms with E-state index in [0.717, 1.165) is 17.0 Å². The van der Waals surface area contributed by atoms with Crippen molar-refractivity contribution in [3.63, 3.8) is 0 Å². The van der Waals surface area contributed by atoms with E-state index in [0.29, 0.717) is 11.6 Å². The van der Waals surface area contributed by atoms with Crippen molar-refractivity contribution in [2.75, 3.05) is 7.11 Å². The molecule has 0 fully saturated rings. The molecule has 25 heavy (non-hydrogen) atoms. The highest BCUT2D eigenvalue weighted by Gasteiger charge is 2.13.